The van der Waals surface area contributed by atoms with E-state index >= 15 is 0 Å². The Morgan fingerprint density at radius 1 is 1.11 bits per heavy atom. The van der Waals surface area contributed by atoms with Crippen LogP contribution in [0.15, 0.2) is 71.1 Å². The molecule has 36 heavy (non-hydrogen) atoms. The molecule has 0 bridgehead atoms. The Labute approximate surface area is 208 Å². The number of hydrogen-bond donors (Lipinski definition) is 1. The highest BCUT2D eigenvalue weighted by Crippen LogP contribution is 2.45. The average molecular weight is 494 g/mol. The number of benzene rings is 2. The first-order valence-corrected chi connectivity index (χ1v) is 11.6. The third-order valence-electron chi connectivity index (χ3n) is 6.67. The maximum absolute atomic E-state index is 14.3. The molecule has 3 atom stereocenters. The summed E-state index contributed by atoms with van der Waals surface area (Å²) in [6, 6.07) is 12.9. The van der Waals surface area contributed by atoms with Gasteiger partial charge in [0, 0.05) is 22.9 Å². The SMILES string of the molecule is COC(=O)[C@H]1C(=O)C2=C(C[C@H]1C)NC(C)=C(C(=O)OCc1ccc(OC)cc1)[C@@H]2c1cccc(F)c1. The predicted molar refractivity (Wildman–Crippen MR) is 129 cm³/mol. The number of rotatable bonds is 6. The second-order valence-electron chi connectivity index (χ2n) is 9.01. The van der Waals surface area contributed by atoms with Gasteiger partial charge in [0.1, 0.15) is 24.1 Å². The Kier molecular flexibility index (Phi) is 7.24. The summed E-state index contributed by atoms with van der Waals surface area (Å²) in [5.41, 5.74) is 2.76. The Balaban J connectivity index is 1.72. The largest absolute Gasteiger partial charge is 0.497 e. The van der Waals surface area contributed by atoms with Gasteiger partial charge in [-0.1, -0.05) is 31.2 Å². The number of methoxy groups -OCH3 is 2. The van der Waals surface area contributed by atoms with Crippen molar-refractivity contribution in [2.75, 3.05) is 14.2 Å². The van der Waals surface area contributed by atoms with Crippen molar-refractivity contribution in [2.24, 2.45) is 11.8 Å². The van der Waals surface area contributed by atoms with Gasteiger partial charge in [-0.3, -0.25) is 9.59 Å². The van der Waals surface area contributed by atoms with Crippen LogP contribution in [0.1, 0.15) is 37.3 Å². The van der Waals surface area contributed by atoms with Crippen molar-refractivity contribution in [3.05, 3.63) is 88.0 Å². The summed E-state index contributed by atoms with van der Waals surface area (Å²) in [5, 5.41) is 3.19. The fourth-order valence-corrected chi connectivity index (χ4v) is 4.92. The molecule has 4 rings (SSSR count). The quantitative estimate of drug-likeness (QED) is 0.477. The van der Waals surface area contributed by atoms with Crippen molar-refractivity contribution in [2.45, 2.75) is 32.8 Å². The number of dihydropyridines is 1. The molecule has 8 heteroatoms. The number of esters is 2. The lowest BCUT2D eigenvalue weighted by Gasteiger charge is -2.38. The summed E-state index contributed by atoms with van der Waals surface area (Å²) in [5.74, 6) is -3.75. The lowest BCUT2D eigenvalue weighted by molar-refractivity contribution is -0.151. The number of hydrogen-bond acceptors (Lipinski definition) is 7. The molecule has 1 aliphatic carbocycles. The van der Waals surface area contributed by atoms with E-state index in [1.165, 1.54) is 25.3 Å². The zero-order chi connectivity index (χ0) is 26.0. The van der Waals surface area contributed by atoms with E-state index in [9.17, 15) is 18.8 Å². The first-order chi connectivity index (χ1) is 17.2. The van der Waals surface area contributed by atoms with Gasteiger partial charge in [0.25, 0.3) is 0 Å². The van der Waals surface area contributed by atoms with Crippen LogP contribution in [0.25, 0.3) is 0 Å². The Hall–Kier alpha value is -3.94. The monoisotopic (exact) mass is 493 g/mol. The van der Waals surface area contributed by atoms with Gasteiger partial charge in [-0.15, -0.1) is 0 Å². The summed E-state index contributed by atoms with van der Waals surface area (Å²) in [6.07, 6.45) is 0.401. The molecule has 2 aliphatic rings. The molecule has 0 radical (unpaired) electrons. The number of halogens is 1. The van der Waals surface area contributed by atoms with Crippen LogP contribution in [0.5, 0.6) is 5.75 Å². The van der Waals surface area contributed by atoms with Crippen molar-refractivity contribution in [3.63, 3.8) is 0 Å². The molecule has 0 unspecified atom stereocenters. The van der Waals surface area contributed by atoms with E-state index < -0.39 is 35.4 Å². The maximum atomic E-state index is 14.3. The fraction of sp³-hybridized carbons (Fsp3) is 0.321. The van der Waals surface area contributed by atoms with Crippen LogP contribution in [0.2, 0.25) is 0 Å². The molecule has 0 fully saturated rings. The van der Waals surface area contributed by atoms with Crippen LogP contribution in [0, 0.1) is 17.7 Å². The fourth-order valence-electron chi connectivity index (χ4n) is 4.92. The van der Waals surface area contributed by atoms with E-state index in [2.05, 4.69) is 5.32 Å². The van der Waals surface area contributed by atoms with Crippen LogP contribution in [-0.4, -0.2) is 31.9 Å². The molecule has 7 nitrogen and oxygen atoms in total. The summed E-state index contributed by atoms with van der Waals surface area (Å²) in [6.45, 7) is 3.53. The standard InChI is InChI=1S/C28H28FNO6/c1-15-12-21-25(26(31)22(15)27(32)35-4)24(18-6-5-7-19(29)13-18)23(16(2)30-21)28(33)36-14-17-8-10-20(34-3)11-9-17/h5-11,13,15,22,24,30H,12,14H2,1-4H3/t15-,22-,24+/m1/s1. The highest BCUT2D eigenvalue weighted by atomic mass is 19.1. The van der Waals surface area contributed by atoms with Crippen molar-refractivity contribution in [1.82, 2.24) is 5.32 Å². The Bertz CT molecular complexity index is 1260. The topological polar surface area (TPSA) is 90.9 Å². The van der Waals surface area contributed by atoms with Crippen LogP contribution >= 0.6 is 0 Å². The van der Waals surface area contributed by atoms with E-state index in [1.807, 2.05) is 0 Å². The van der Waals surface area contributed by atoms with Gasteiger partial charge in [-0.2, -0.15) is 0 Å². The number of ketones is 1. The van der Waals surface area contributed by atoms with Crippen molar-refractivity contribution < 1.29 is 33.0 Å². The second kappa shape index (κ2) is 10.4. The molecule has 0 saturated heterocycles. The molecule has 0 aromatic heterocycles. The minimum Gasteiger partial charge on any atom is -0.497 e. The lowest BCUT2D eigenvalue weighted by atomic mass is 9.69. The van der Waals surface area contributed by atoms with E-state index in [1.54, 1.807) is 51.3 Å². The average Bonchev–Trinajstić information content (AvgIpc) is 2.86. The van der Waals surface area contributed by atoms with Gasteiger partial charge in [0.05, 0.1) is 19.8 Å². The number of Topliss-reactive ketones (excluding diaryl/α,β-unsaturated/α-hetero) is 1. The van der Waals surface area contributed by atoms with Gasteiger partial charge in [-0.25, -0.2) is 9.18 Å². The Morgan fingerprint density at radius 3 is 2.47 bits per heavy atom. The van der Waals surface area contributed by atoms with E-state index in [0.29, 0.717) is 29.1 Å². The number of carbonyl (C=O) groups is 3. The Morgan fingerprint density at radius 2 is 1.83 bits per heavy atom. The number of carbonyl (C=O) groups excluding carboxylic acids is 3. The summed E-state index contributed by atoms with van der Waals surface area (Å²) < 4.78 is 30.0. The first kappa shape index (κ1) is 25.2. The van der Waals surface area contributed by atoms with E-state index in [0.717, 1.165) is 5.56 Å². The predicted octanol–water partition coefficient (Wildman–Crippen LogP) is 4.19. The van der Waals surface area contributed by atoms with Crippen LogP contribution in [0.4, 0.5) is 4.39 Å². The molecule has 1 heterocycles. The molecule has 188 valence electrons. The second-order valence-corrected chi connectivity index (χ2v) is 9.01. The van der Waals surface area contributed by atoms with Crippen LogP contribution in [0.3, 0.4) is 0 Å². The van der Waals surface area contributed by atoms with Gasteiger partial charge < -0.3 is 19.5 Å². The molecule has 1 aliphatic heterocycles. The molecular weight excluding hydrogens is 465 g/mol. The van der Waals surface area contributed by atoms with Crippen molar-refractivity contribution >= 4 is 17.7 Å². The van der Waals surface area contributed by atoms with Crippen LogP contribution < -0.4 is 10.1 Å². The van der Waals surface area contributed by atoms with Gasteiger partial charge >= 0.3 is 11.9 Å². The number of nitrogens with one attached hydrogen (secondary N) is 1. The summed E-state index contributed by atoms with van der Waals surface area (Å²) >= 11 is 0. The third-order valence-corrected chi connectivity index (χ3v) is 6.67. The lowest BCUT2D eigenvalue weighted by Crippen LogP contribution is -2.43. The first-order valence-electron chi connectivity index (χ1n) is 11.6. The molecule has 2 aromatic carbocycles. The maximum Gasteiger partial charge on any atom is 0.337 e. The normalized spacial score (nSPS) is 21.5. The zero-order valence-corrected chi connectivity index (χ0v) is 20.6. The van der Waals surface area contributed by atoms with Gasteiger partial charge in [0.2, 0.25) is 0 Å². The highest BCUT2D eigenvalue weighted by molar-refractivity contribution is 6.12. The smallest absolute Gasteiger partial charge is 0.337 e. The van der Waals surface area contributed by atoms with Gasteiger partial charge in [0.15, 0.2) is 5.78 Å². The third kappa shape index (κ3) is 4.76. The minimum atomic E-state index is -1.01. The summed E-state index contributed by atoms with van der Waals surface area (Å²) in [7, 11) is 2.80. The summed E-state index contributed by atoms with van der Waals surface area (Å²) in [4.78, 5) is 39.6. The zero-order valence-electron chi connectivity index (χ0n) is 20.6. The van der Waals surface area contributed by atoms with Crippen molar-refractivity contribution in [1.29, 1.82) is 0 Å². The molecule has 2 aromatic rings. The highest BCUT2D eigenvalue weighted by Gasteiger charge is 2.47. The van der Waals surface area contributed by atoms with Crippen LogP contribution in [-0.2, 0) is 30.5 Å². The number of ether oxygens (including phenoxy) is 3. The van der Waals surface area contributed by atoms with Crippen molar-refractivity contribution in [3.8, 4) is 5.75 Å². The number of allylic oxidation sites excluding steroid dienone is 3. The molecular formula is C28H28FNO6. The molecule has 0 amide bonds. The van der Waals surface area contributed by atoms with Gasteiger partial charge in [-0.05, 0) is 54.7 Å². The molecule has 0 saturated carbocycles. The molecule has 1 N–H and O–H groups in total. The van der Waals surface area contributed by atoms with E-state index in [4.69, 9.17) is 14.2 Å². The van der Waals surface area contributed by atoms with E-state index in [-0.39, 0.29) is 23.7 Å². The minimum absolute atomic E-state index is 0.00283. The molecule has 0 spiro atoms.